The molecule has 0 radical (unpaired) electrons. The summed E-state index contributed by atoms with van der Waals surface area (Å²) < 4.78 is 24.3. The van der Waals surface area contributed by atoms with Gasteiger partial charge in [-0.25, -0.2) is 8.42 Å². The van der Waals surface area contributed by atoms with Crippen LogP contribution in [0.25, 0.3) is 0 Å². The Morgan fingerprint density at radius 3 is 2.31 bits per heavy atom. The summed E-state index contributed by atoms with van der Waals surface area (Å²) in [5.74, 6) is -0.0771. The van der Waals surface area contributed by atoms with Crippen LogP contribution >= 0.6 is 0 Å². The maximum Gasteiger partial charge on any atom is 0.221 e. The standard InChI is InChI=1S/C20H26N2O3S/c1-15(2)18-6-8-19(9-7-18)16(3)22-20(23)10-12-26(24,25)14-17-5-4-11-21-13-17/h4-9,11,13,15-16H,10,12,14H2,1-3H3,(H,22,23). The molecular weight excluding hydrogens is 348 g/mol. The zero-order valence-electron chi connectivity index (χ0n) is 15.5. The van der Waals surface area contributed by atoms with Crippen molar-refractivity contribution in [2.45, 2.75) is 44.9 Å². The fraction of sp³-hybridized carbons (Fsp3) is 0.400. The first-order valence-corrected chi connectivity index (χ1v) is 10.6. The van der Waals surface area contributed by atoms with Crippen molar-refractivity contribution >= 4 is 15.7 Å². The third-order valence-corrected chi connectivity index (χ3v) is 5.83. The van der Waals surface area contributed by atoms with Crippen molar-refractivity contribution in [1.29, 1.82) is 0 Å². The van der Waals surface area contributed by atoms with E-state index in [1.807, 2.05) is 19.1 Å². The topological polar surface area (TPSA) is 76.1 Å². The normalized spacial score (nSPS) is 12.8. The number of hydrogen-bond donors (Lipinski definition) is 1. The highest BCUT2D eigenvalue weighted by atomic mass is 32.2. The van der Waals surface area contributed by atoms with E-state index in [1.165, 1.54) is 11.8 Å². The predicted octanol–water partition coefficient (Wildman–Crippen LogP) is 3.39. The highest BCUT2D eigenvalue weighted by Gasteiger charge is 2.16. The second-order valence-corrected chi connectivity index (χ2v) is 9.00. The number of benzene rings is 1. The van der Waals surface area contributed by atoms with Gasteiger partial charge in [0.05, 0.1) is 17.5 Å². The van der Waals surface area contributed by atoms with Gasteiger partial charge in [0.2, 0.25) is 5.91 Å². The number of pyridine rings is 1. The van der Waals surface area contributed by atoms with E-state index in [2.05, 4.69) is 36.3 Å². The van der Waals surface area contributed by atoms with E-state index in [-0.39, 0.29) is 29.9 Å². The van der Waals surface area contributed by atoms with Gasteiger partial charge in [0.15, 0.2) is 9.84 Å². The molecule has 140 valence electrons. The van der Waals surface area contributed by atoms with Crippen LogP contribution in [0.4, 0.5) is 0 Å². The smallest absolute Gasteiger partial charge is 0.221 e. The first-order chi connectivity index (χ1) is 12.3. The average Bonchev–Trinajstić information content (AvgIpc) is 2.60. The lowest BCUT2D eigenvalue weighted by Gasteiger charge is -2.15. The van der Waals surface area contributed by atoms with Gasteiger partial charge >= 0.3 is 0 Å². The second kappa shape index (κ2) is 8.94. The monoisotopic (exact) mass is 374 g/mol. The second-order valence-electron chi connectivity index (χ2n) is 6.81. The number of carbonyl (C=O) groups excluding carboxylic acids is 1. The Labute approximate surface area is 155 Å². The van der Waals surface area contributed by atoms with Crippen molar-refractivity contribution in [3.63, 3.8) is 0 Å². The van der Waals surface area contributed by atoms with Crippen molar-refractivity contribution in [1.82, 2.24) is 10.3 Å². The molecule has 1 atom stereocenters. The summed E-state index contributed by atoms with van der Waals surface area (Å²) in [6, 6.07) is 11.4. The summed E-state index contributed by atoms with van der Waals surface area (Å²) in [6.07, 6.45) is 3.08. The SMILES string of the molecule is CC(C)c1ccc(C(C)NC(=O)CCS(=O)(=O)Cc2cccnc2)cc1. The fourth-order valence-electron chi connectivity index (χ4n) is 2.62. The predicted molar refractivity (Wildman–Crippen MR) is 103 cm³/mol. The van der Waals surface area contributed by atoms with Crippen LogP contribution in [0.15, 0.2) is 48.8 Å². The number of rotatable bonds is 8. The van der Waals surface area contributed by atoms with Gasteiger partial charge in [0.25, 0.3) is 0 Å². The van der Waals surface area contributed by atoms with Crippen LogP contribution in [0, 0.1) is 0 Å². The molecule has 1 N–H and O–H groups in total. The van der Waals surface area contributed by atoms with Crippen molar-refractivity contribution in [2.75, 3.05) is 5.75 Å². The molecule has 2 rings (SSSR count). The minimum absolute atomic E-state index is 0.0446. The average molecular weight is 375 g/mol. The molecule has 0 aliphatic rings. The Bertz CT molecular complexity index is 816. The Hall–Kier alpha value is -2.21. The summed E-state index contributed by atoms with van der Waals surface area (Å²) >= 11 is 0. The molecule has 2 aromatic rings. The Morgan fingerprint density at radius 2 is 1.73 bits per heavy atom. The molecule has 1 aromatic carbocycles. The van der Waals surface area contributed by atoms with Crippen LogP contribution in [0.1, 0.15) is 55.8 Å². The molecule has 0 bridgehead atoms. The number of nitrogens with one attached hydrogen (secondary N) is 1. The molecule has 26 heavy (non-hydrogen) atoms. The van der Waals surface area contributed by atoms with Crippen LogP contribution < -0.4 is 5.32 Å². The zero-order chi connectivity index (χ0) is 19.2. The van der Waals surface area contributed by atoms with E-state index in [0.717, 1.165) is 5.56 Å². The summed E-state index contributed by atoms with van der Waals surface area (Å²) in [5.41, 5.74) is 2.88. The van der Waals surface area contributed by atoms with Crippen LogP contribution in [-0.2, 0) is 20.4 Å². The number of aromatic nitrogens is 1. The lowest BCUT2D eigenvalue weighted by atomic mass is 9.99. The highest BCUT2D eigenvalue weighted by molar-refractivity contribution is 7.90. The maximum absolute atomic E-state index is 12.2. The first kappa shape index (κ1) is 20.1. The van der Waals surface area contributed by atoms with Crippen molar-refractivity contribution in [3.05, 3.63) is 65.5 Å². The van der Waals surface area contributed by atoms with Crippen molar-refractivity contribution in [3.8, 4) is 0 Å². The summed E-state index contributed by atoms with van der Waals surface area (Å²) in [6.45, 7) is 6.16. The van der Waals surface area contributed by atoms with Gasteiger partial charge < -0.3 is 5.32 Å². The molecule has 0 saturated carbocycles. The van der Waals surface area contributed by atoms with Gasteiger partial charge in [-0.3, -0.25) is 9.78 Å². The fourth-order valence-corrected chi connectivity index (χ4v) is 3.94. The molecule has 1 heterocycles. The van der Waals surface area contributed by atoms with Gasteiger partial charge in [0.1, 0.15) is 0 Å². The van der Waals surface area contributed by atoms with Crippen LogP contribution in [0.5, 0.6) is 0 Å². The number of amides is 1. The van der Waals surface area contributed by atoms with E-state index in [9.17, 15) is 13.2 Å². The van der Waals surface area contributed by atoms with Crippen LogP contribution in [-0.4, -0.2) is 25.1 Å². The number of carbonyl (C=O) groups is 1. The van der Waals surface area contributed by atoms with Gasteiger partial charge in [-0.1, -0.05) is 44.2 Å². The van der Waals surface area contributed by atoms with Gasteiger partial charge in [-0.05, 0) is 35.6 Å². The molecule has 0 aliphatic carbocycles. The molecule has 0 spiro atoms. The molecular formula is C20H26N2O3S. The summed E-state index contributed by atoms with van der Waals surface area (Å²) in [5, 5.41) is 2.87. The van der Waals surface area contributed by atoms with E-state index < -0.39 is 9.84 Å². The molecule has 1 amide bonds. The largest absolute Gasteiger partial charge is 0.350 e. The highest BCUT2D eigenvalue weighted by Crippen LogP contribution is 2.18. The summed E-state index contributed by atoms with van der Waals surface area (Å²) in [7, 11) is -3.35. The number of sulfone groups is 1. The van der Waals surface area contributed by atoms with E-state index >= 15 is 0 Å². The molecule has 5 nitrogen and oxygen atoms in total. The molecule has 1 aromatic heterocycles. The molecule has 0 saturated heterocycles. The van der Waals surface area contributed by atoms with Gasteiger partial charge in [0, 0.05) is 18.8 Å². The quantitative estimate of drug-likeness (QED) is 0.768. The Balaban J connectivity index is 1.85. The summed E-state index contributed by atoms with van der Waals surface area (Å²) in [4.78, 5) is 16.0. The van der Waals surface area contributed by atoms with E-state index in [0.29, 0.717) is 11.5 Å². The Kier molecular flexibility index (Phi) is 6.91. The van der Waals surface area contributed by atoms with Crippen molar-refractivity contribution < 1.29 is 13.2 Å². The molecule has 0 aliphatic heterocycles. The molecule has 1 unspecified atom stereocenters. The Morgan fingerprint density at radius 1 is 1.08 bits per heavy atom. The maximum atomic E-state index is 12.2. The minimum atomic E-state index is -3.35. The lowest BCUT2D eigenvalue weighted by Crippen LogP contribution is -2.28. The number of hydrogen-bond acceptors (Lipinski definition) is 4. The van der Waals surface area contributed by atoms with E-state index in [1.54, 1.807) is 18.3 Å². The van der Waals surface area contributed by atoms with E-state index in [4.69, 9.17) is 0 Å². The molecule has 6 heteroatoms. The van der Waals surface area contributed by atoms with Crippen LogP contribution in [0.2, 0.25) is 0 Å². The number of nitrogens with zero attached hydrogens (tertiary/aromatic N) is 1. The van der Waals surface area contributed by atoms with Crippen molar-refractivity contribution in [2.24, 2.45) is 0 Å². The minimum Gasteiger partial charge on any atom is -0.350 e. The zero-order valence-corrected chi connectivity index (χ0v) is 16.3. The molecule has 0 fully saturated rings. The van der Waals surface area contributed by atoms with Crippen LogP contribution in [0.3, 0.4) is 0 Å². The first-order valence-electron chi connectivity index (χ1n) is 8.75. The third kappa shape index (κ3) is 6.26. The third-order valence-electron chi connectivity index (χ3n) is 4.23. The lowest BCUT2D eigenvalue weighted by molar-refractivity contribution is -0.121. The van der Waals surface area contributed by atoms with Gasteiger partial charge in [-0.2, -0.15) is 0 Å². The van der Waals surface area contributed by atoms with Gasteiger partial charge in [-0.15, -0.1) is 0 Å².